The lowest BCUT2D eigenvalue weighted by molar-refractivity contribution is 0.467. The zero-order valence-electron chi connectivity index (χ0n) is 26.3. The summed E-state index contributed by atoms with van der Waals surface area (Å²) < 4.78 is 20.3. The Morgan fingerprint density at radius 2 is 1.00 bits per heavy atom. The molecule has 0 amide bonds. The maximum atomic E-state index is 6.80. The minimum atomic E-state index is -0.0898. The van der Waals surface area contributed by atoms with Crippen LogP contribution in [0.2, 0.25) is 0 Å². The van der Waals surface area contributed by atoms with Gasteiger partial charge < -0.3 is 18.8 Å². The van der Waals surface area contributed by atoms with E-state index in [1.165, 1.54) is 16.2 Å². The molecule has 5 heteroatoms. The van der Waals surface area contributed by atoms with Gasteiger partial charge in [0.15, 0.2) is 0 Å². The van der Waals surface area contributed by atoms with E-state index in [9.17, 15) is 0 Å². The van der Waals surface area contributed by atoms with E-state index in [1.807, 2.05) is 18.2 Å². The maximum absolute atomic E-state index is 6.80. The van der Waals surface area contributed by atoms with Crippen molar-refractivity contribution in [2.45, 2.75) is 0 Å². The summed E-state index contributed by atoms with van der Waals surface area (Å²) in [5.41, 5.74) is 8.15. The van der Waals surface area contributed by atoms with Gasteiger partial charge in [-0.1, -0.05) is 91.0 Å². The molecule has 9 aromatic rings. The molecular weight excluding hydrogens is 601 g/mol. The number of rotatable bonds is 3. The molecular formula is C44H26BNO3. The first kappa shape index (κ1) is 26.6. The van der Waals surface area contributed by atoms with E-state index in [-0.39, 0.29) is 6.71 Å². The highest BCUT2D eigenvalue weighted by Gasteiger charge is 2.42. The molecule has 8 aromatic carbocycles. The maximum Gasteiger partial charge on any atom is 0.261 e. The van der Waals surface area contributed by atoms with Crippen LogP contribution in [0.5, 0.6) is 23.0 Å². The van der Waals surface area contributed by atoms with E-state index in [1.54, 1.807) is 0 Å². The van der Waals surface area contributed by atoms with Crippen molar-refractivity contribution in [3.63, 3.8) is 0 Å². The second-order valence-corrected chi connectivity index (χ2v) is 12.8. The molecule has 0 fully saturated rings. The Morgan fingerprint density at radius 3 is 1.73 bits per heavy atom. The Balaban J connectivity index is 1.14. The molecule has 1 aromatic heterocycles. The predicted molar refractivity (Wildman–Crippen MR) is 201 cm³/mol. The van der Waals surface area contributed by atoms with E-state index in [0.29, 0.717) is 0 Å². The van der Waals surface area contributed by atoms with Crippen molar-refractivity contribution in [2.24, 2.45) is 0 Å². The average Bonchev–Trinajstić information content (AvgIpc) is 3.51. The van der Waals surface area contributed by atoms with Crippen LogP contribution in [0.3, 0.4) is 0 Å². The van der Waals surface area contributed by atoms with Crippen molar-refractivity contribution < 1.29 is 13.9 Å². The van der Waals surface area contributed by atoms with E-state index >= 15 is 0 Å². The molecule has 228 valence electrons. The SMILES string of the molecule is c1ccc(N(c2ccccc2)c2ccc3c(c2)oc2cc4c(cc23)Oc2cccc3c2B4c2c(c4ccccc4c4ccccc24)O3)cc1. The van der Waals surface area contributed by atoms with Gasteiger partial charge >= 0.3 is 0 Å². The summed E-state index contributed by atoms with van der Waals surface area (Å²) in [4.78, 5) is 2.26. The summed E-state index contributed by atoms with van der Waals surface area (Å²) >= 11 is 0. The van der Waals surface area contributed by atoms with Gasteiger partial charge in [-0.25, -0.2) is 0 Å². The molecule has 0 bridgehead atoms. The third-order valence-electron chi connectivity index (χ3n) is 10.1. The van der Waals surface area contributed by atoms with Gasteiger partial charge in [0.2, 0.25) is 0 Å². The van der Waals surface area contributed by atoms with Crippen LogP contribution in [0.4, 0.5) is 17.1 Å². The smallest absolute Gasteiger partial charge is 0.261 e. The van der Waals surface area contributed by atoms with Gasteiger partial charge in [-0.2, -0.15) is 0 Å². The van der Waals surface area contributed by atoms with Crippen molar-refractivity contribution in [2.75, 3.05) is 4.90 Å². The number of hydrogen-bond acceptors (Lipinski definition) is 4. The molecule has 2 aliphatic heterocycles. The fraction of sp³-hybridized carbons (Fsp3) is 0. The second-order valence-electron chi connectivity index (χ2n) is 12.8. The molecule has 0 aliphatic carbocycles. The summed E-state index contributed by atoms with van der Waals surface area (Å²) in [6, 6.07) is 55.1. The van der Waals surface area contributed by atoms with Gasteiger partial charge in [0.25, 0.3) is 6.71 Å². The first-order valence-corrected chi connectivity index (χ1v) is 16.6. The molecule has 0 unspecified atom stereocenters. The lowest BCUT2D eigenvalue weighted by Crippen LogP contribution is -2.57. The minimum absolute atomic E-state index is 0.0898. The van der Waals surface area contributed by atoms with Crippen molar-refractivity contribution >= 4 is 83.6 Å². The van der Waals surface area contributed by atoms with Crippen LogP contribution < -0.4 is 30.8 Å². The van der Waals surface area contributed by atoms with Gasteiger partial charge in [0.1, 0.15) is 34.2 Å². The Hall–Kier alpha value is -6.46. The van der Waals surface area contributed by atoms with Gasteiger partial charge in [-0.05, 0) is 87.7 Å². The third-order valence-corrected chi connectivity index (χ3v) is 10.1. The molecule has 2 aliphatic rings. The molecule has 3 heterocycles. The molecule has 0 radical (unpaired) electrons. The fourth-order valence-corrected chi connectivity index (χ4v) is 8.06. The Kier molecular flexibility index (Phi) is 5.44. The van der Waals surface area contributed by atoms with E-state index in [0.717, 1.165) is 83.8 Å². The molecule has 11 rings (SSSR count). The standard InChI is InChI=1S/C44H26BNO3/c1-3-12-27(13-4-1)46(28-14-5-2-6-15-28)29-22-23-32-35-25-41-36(26-40(35)48-39(32)24-29)45-42-33-18-9-7-16-30(33)31-17-8-10-19-34(31)44(42)49-38-21-11-20-37(47-41)43(38)45/h1-26H. The summed E-state index contributed by atoms with van der Waals surface area (Å²) in [6.45, 7) is -0.0898. The van der Waals surface area contributed by atoms with Gasteiger partial charge in [0.05, 0.1) is 0 Å². The van der Waals surface area contributed by atoms with Crippen LogP contribution in [0.1, 0.15) is 0 Å². The topological polar surface area (TPSA) is 34.8 Å². The van der Waals surface area contributed by atoms with E-state index in [4.69, 9.17) is 13.9 Å². The van der Waals surface area contributed by atoms with Crippen LogP contribution in [0.25, 0.3) is 43.5 Å². The summed E-state index contributed by atoms with van der Waals surface area (Å²) in [5, 5.41) is 6.78. The second kappa shape index (κ2) is 10.0. The van der Waals surface area contributed by atoms with Gasteiger partial charge in [0, 0.05) is 44.8 Å². The van der Waals surface area contributed by atoms with Crippen LogP contribution in [0, 0.1) is 0 Å². The lowest BCUT2D eigenvalue weighted by atomic mass is 9.34. The van der Waals surface area contributed by atoms with Crippen molar-refractivity contribution in [1.82, 2.24) is 0 Å². The van der Waals surface area contributed by atoms with Crippen LogP contribution >= 0.6 is 0 Å². The zero-order valence-corrected chi connectivity index (χ0v) is 26.3. The normalized spacial score (nSPS) is 12.8. The largest absolute Gasteiger partial charge is 0.458 e. The molecule has 49 heavy (non-hydrogen) atoms. The quantitative estimate of drug-likeness (QED) is 0.144. The Bertz CT molecular complexity index is 2750. The number of furan rings is 1. The number of benzene rings is 8. The van der Waals surface area contributed by atoms with E-state index < -0.39 is 0 Å². The average molecular weight is 628 g/mol. The molecule has 0 spiro atoms. The minimum Gasteiger partial charge on any atom is -0.458 e. The van der Waals surface area contributed by atoms with Crippen molar-refractivity contribution in [3.8, 4) is 23.0 Å². The predicted octanol–water partition coefficient (Wildman–Crippen LogP) is 10.1. The highest BCUT2D eigenvalue weighted by molar-refractivity contribution is 7.00. The zero-order chi connectivity index (χ0) is 32.1. The van der Waals surface area contributed by atoms with Crippen molar-refractivity contribution in [1.29, 1.82) is 0 Å². The number of hydrogen-bond donors (Lipinski definition) is 0. The highest BCUT2D eigenvalue weighted by Crippen LogP contribution is 2.43. The Labute approximate surface area is 282 Å². The summed E-state index contributed by atoms with van der Waals surface area (Å²) in [7, 11) is 0. The molecule has 0 atom stereocenters. The lowest BCUT2D eigenvalue weighted by Gasteiger charge is -2.34. The molecule has 0 saturated heterocycles. The van der Waals surface area contributed by atoms with Crippen LogP contribution in [0.15, 0.2) is 162 Å². The monoisotopic (exact) mass is 627 g/mol. The highest BCUT2D eigenvalue weighted by atomic mass is 16.5. The first-order valence-electron chi connectivity index (χ1n) is 16.6. The molecule has 0 saturated carbocycles. The van der Waals surface area contributed by atoms with Crippen LogP contribution in [-0.2, 0) is 0 Å². The van der Waals surface area contributed by atoms with E-state index in [2.05, 4.69) is 144 Å². The Morgan fingerprint density at radius 1 is 0.388 bits per heavy atom. The fourth-order valence-electron chi connectivity index (χ4n) is 8.06. The van der Waals surface area contributed by atoms with Gasteiger partial charge in [-0.15, -0.1) is 0 Å². The summed E-state index contributed by atoms with van der Waals surface area (Å²) in [5.74, 6) is 3.41. The number of para-hydroxylation sites is 2. The summed E-state index contributed by atoms with van der Waals surface area (Å²) in [6.07, 6.45) is 0. The van der Waals surface area contributed by atoms with Crippen LogP contribution in [-0.4, -0.2) is 6.71 Å². The molecule has 4 nitrogen and oxygen atoms in total. The molecule has 0 N–H and O–H groups in total. The number of ether oxygens (including phenoxy) is 2. The third kappa shape index (κ3) is 3.81. The van der Waals surface area contributed by atoms with Crippen molar-refractivity contribution in [3.05, 3.63) is 158 Å². The number of nitrogens with zero attached hydrogens (tertiary/aromatic N) is 1. The first-order chi connectivity index (χ1) is 24.3. The van der Waals surface area contributed by atoms with Gasteiger partial charge in [-0.3, -0.25) is 0 Å². The number of fused-ring (bicyclic) bond motifs is 12. The number of anilines is 3.